The molecule has 1 aromatic carbocycles. The monoisotopic (exact) mass is 297 g/mol. The molecule has 0 aromatic heterocycles. The second-order valence-corrected chi connectivity index (χ2v) is 3.63. The summed E-state index contributed by atoms with van der Waals surface area (Å²) in [6.07, 6.45) is 0. The van der Waals surface area contributed by atoms with Crippen LogP contribution in [0.4, 0.5) is 10.1 Å². The van der Waals surface area contributed by atoms with Crippen molar-refractivity contribution in [3.63, 3.8) is 0 Å². The van der Waals surface area contributed by atoms with E-state index in [0.717, 1.165) is 12.1 Å². The van der Waals surface area contributed by atoms with E-state index in [-0.39, 0.29) is 10.2 Å². The molecule has 0 N–H and O–H groups in total. The predicted octanol–water partition coefficient (Wildman–Crippen LogP) is 3.26. The summed E-state index contributed by atoms with van der Waals surface area (Å²) in [7, 11) is 0. The molecule has 0 heterocycles. The predicted molar refractivity (Wildman–Crippen MR) is 48.5 cm³/mol. The van der Waals surface area contributed by atoms with E-state index in [0.29, 0.717) is 4.47 Å². The molecule has 6 heteroatoms. The smallest absolute Gasteiger partial charge is 0.258 e. The minimum atomic E-state index is -0.655. The lowest BCUT2D eigenvalue weighted by molar-refractivity contribution is -0.385. The molecule has 1 rings (SSSR count). The second-order valence-electron chi connectivity index (χ2n) is 1.98. The largest absolute Gasteiger partial charge is 0.287 e. The zero-order valence-corrected chi connectivity index (χ0v) is 8.72. The minimum absolute atomic E-state index is 0.244. The number of halogens is 3. The normalized spacial score (nSPS) is 9.92. The maximum Gasteiger partial charge on any atom is 0.287 e. The highest BCUT2D eigenvalue weighted by Gasteiger charge is 2.15. The zero-order valence-electron chi connectivity index (χ0n) is 5.55. The lowest BCUT2D eigenvalue weighted by atomic mass is 10.3. The Bertz CT molecular complexity index is 343. The maximum atomic E-state index is 12.6. The third-order valence-corrected chi connectivity index (χ3v) is 3.16. The van der Waals surface area contributed by atoms with Crippen molar-refractivity contribution < 1.29 is 9.31 Å². The first-order valence-corrected chi connectivity index (χ1v) is 4.40. The average Bonchev–Trinajstić information content (AvgIpc) is 1.96. The number of hydrogen-bond donors (Lipinski definition) is 0. The molecule has 0 aliphatic rings. The molecule has 0 amide bonds. The SMILES string of the molecule is O=[N+]([O-])c1cc(F)cc(Br)c1Br. The molecule has 0 unspecified atom stereocenters. The molecule has 0 bridgehead atoms. The van der Waals surface area contributed by atoms with E-state index < -0.39 is 10.7 Å². The Morgan fingerprint density at radius 3 is 2.50 bits per heavy atom. The second kappa shape index (κ2) is 3.49. The molecule has 1 aromatic rings. The van der Waals surface area contributed by atoms with Crippen molar-refractivity contribution in [3.05, 3.63) is 37.0 Å². The first-order chi connectivity index (χ1) is 5.52. The molecule has 0 aliphatic carbocycles. The van der Waals surface area contributed by atoms with Crippen LogP contribution in [0.2, 0.25) is 0 Å². The van der Waals surface area contributed by atoms with Gasteiger partial charge in [0, 0.05) is 4.47 Å². The van der Waals surface area contributed by atoms with Gasteiger partial charge >= 0.3 is 0 Å². The number of benzene rings is 1. The van der Waals surface area contributed by atoms with Gasteiger partial charge in [0.2, 0.25) is 0 Å². The Morgan fingerprint density at radius 1 is 1.42 bits per heavy atom. The van der Waals surface area contributed by atoms with Crippen LogP contribution in [0, 0.1) is 15.9 Å². The number of nitro groups is 1. The van der Waals surface area contributed by atoms with Crippen molar-refractivity contribution in [2.45, 2.75) is 0 Å². The topological polar surface area (TPSA) is 43.1 Å². The molecule has 12 heavy (non-hydrogen) atoms. The highest BCUT2D eigenvalue weighted by atomic mass is 79.9. The van der Waals surface area contributed by atoms with E-state index >= 15 is 0 Å². The van der Waals surface area contributed by atoms with E-state index in [1.807, 2.05) is 0 Å². The first kappa shape index (κ1) is 9.60. The molecular weight excluding hydrogens is 297 g/mol. The zero-order chi connectivity index (χ0) is 9.30. The summed E-state index contributed by atoms with van der Waals surface area (Å²) in [4.78, 5) is 9.66. The number of nitrogens with zero attached hydrogens (tertiary/aromatic N) is 1. The van der Waals surface area contributed by atoms with Crippen molar-refractivity contribution >= 4 is 37.5 Å². The Labute approximate surface area is 84.0 Å². The van der Waals surface area contributed by atoms with Gasteiger partial charge in [0.1, 0.15) is 10.3 Å². The summed E-state index contributed by atoms with van der Waals surface area (Å²) in [6.45, 7) is 0. The van der Waals surface area contributed by atoms with Crippen molar-refractivity contribution in [2.75, 3.05) is 0 Å². The maximum absolute atomic E-state index is 12.6. The van der Waals surface area contributed by atoms with Crippen molar-refractivity contribution in [2.24, 2.45) is 0 Å². The Kier molecular flexibility index (Phi) is 2.79. The van der Waals surface area contributed by atoms with Gasteiger partial charge in [-0.3, -0.25) is 10.1 Å². The third kappa shape index (κ3) is 1.81. The fourth-order valence-electron chi connectivity index (χ4n) is 0.675. The molecule has 0 aliphatic heterocycles. The fraction of sp³-hybridized carbons (Fsp3) is 0. The molecule has 0 saturated carbocycles. The van der Waals surface area contributed by atoms with Crippen LogP contribution in [0.1, 0.15) is 0 Å². The van der Waals surface area contributed by atoms with E-state index in [4.69, 9.17) is 0 Å². The van der Waals surface area contributed by atoms with Gasteiger partial charge in [-0.25, -0.2) is 4.39 Å². The van der Waals surface area contributed by atoms with Crippen LogP contribution in [0.3, 0.4) is 0 Å². The van der Waals surface area contributed by atoms with E-state index in [1.54, 1.807) is 0 Å². The number of nitro benzene ring substituents is 1. The summed E-state index contributed by atoms with van der Waals surface area (Å²) in [5.74, 6) is -0.642. The van der Waals surface area contributed by atoms with E-state index in [1.165, 1.54) is 0 Å². The van der Waals surface area contributed by atoms with Gasteiger partial charge in [-0.05, 0) is 37.9 Å². The van der Waals surface area contributed by atoms with Crippen molar-refractivity contribution in [3.8, 4) is 0 Å². The standard InChI is InChI=1S/C6H2Br2FNO2/c7-4-1-3(9)2-5(6(4)8)10(11)12/h1-2H. The molecule has 0 saturated heterocycles. The van der Waals surface area contributed by atoms with Gasteiger partial charge in [-0.15, -0.1) is 0 Å². The summed E-state index contributed by atoms with van der Waals surface area (Å²) >= 11 is 5.93. The van der Waals surface area contributed by atoms with Crippen LogP contribution in [-0.2, 0) is 0 Å². The molecule has 0 radical (unpaired) electrons. The molecule has 0 spiro atoms. The third-order valence-electron chi connectivity index (χ3n) is 1.17. The lowest BCUT2D eigenvalue weighted by Gasteiger charge is -1.97. The Morgan fingerprint density at radius 2 is 2.00 bits per heavy atom. The van der Waals surface area contributed by atoms with Crippen molar-refractivity contribution in [1.82, 2.24) is 0 Å². The van der Waals surface area contributed by atoms with Crippen LogP contribution >= 0.6 is 31.9 Å². The van der Waals surface area contributed by atoms with Gasteiger partial charge in [0.15, 0.2) is 0 Å². The highest BCUT2D eigenvalue weighted by molar-refractivity contribution is 9.13. The van der Waals surface area contributed by atoms with Gasteiger partial charge in [0.25, 0.3) is 5.69 Å². The summed E-state index contributed by atoms with van der Waals surface area (Å²) in [5.41, 5.74) is -0.290. The van der Waals surface area contributed by atoms with Crippen molar-refractivity contribution in [1.29, 1.82) is 0 Å². The van der Waals surface area contributed by atoms with Gasteiger partial charge in [-0.1, -0.05) is 0 Å². The Hall–Kier alpha value is -0.490. The number of rotatable bonds is 1. The van der Waals surface area contributed by atoms with Crippen LogP contribution in [-0.4, -0.2) is 4.92 Å². The average molecular weight is 299 g/mol. The van der Waals surface area contributed by atoms with Crippen LogP contribution in [0.5, 0.6) is 0 Å². The van der Waals surface area contributed by atoms with Gasteiger partial charge in [0.05, 0.1) is 11.0 Å². The quantitative estimate of drug-likeness (QED) is 0.454. The summed E-state index contributed by atoms with van der Waals surface area (Å²) < 4.78 is 13.2. The van der Waals surface area contributed by atoms with Crippen LogP contribution in [0.15, 0.2) is 21.1 Å². The van der Waals surface area contributed by atoms with Crippen LogP contribution < -0.4 is 0 Å². The van der Waals surface area contributed by atoms with E-state index in [9.17, 15) is 14.5 Å². The molecule has 3 nitrogen and oxygen atoms in total. The molecule has 64 valence electrons. The highest BCUT2D eigenvalue weighted by Crippen LogP contribution is 2.32. The first-order valence-electron chi connectivity index (χ1n) is 2.81. The Balaban J connectivity index is 3.37. The molecular formula is C6H2Br2FNO2. The minimum Gasteiger partial charge on any atom is -0.258 e. The van der Waals surface area contributed by atoms with Crippen LogP contribution in [0.25, 0.3) is 0 Å². The lowest BCUT2D eigenvalue weighted by Crippen LogP contribution is -1.91. The number of hydrogen-bond acceptors (Lipinski definition) is 2. The van der Waals surface area contributed by atoms with Gasteiger partial charge in [-0.2, -0.15) is 0 Å². The molecule has 0 atom stereocenters. The van der Waals surface area contributed by atoms with E-state index in [2.05, 4.69) is 31.9 Å². The summed E-state index contributed by atoms with van der Waals surface area (Å²) in [5, 5.41) is 10.3. The molecule has 0 fully saturated rings. The fourth-order valence-corrected chi connectivity index (χ4v) is 1.47. The van der Waals surface area contributed by atoms with Gasteiger partial charge < -0.3 is 0 Å². The summed E-state index contributed by atoms with van der Waals surface area (Å²) in [6, 6.07) is 2.01.